The van der Waals surface area contributed by atoms with Crippen molar-refractivity contribution in [2.24, 2.45) is 0 Å². The molecule has 0 N–H and O–H groups in total. The van der Waals surface area contributed by atoms with E-state index in [9.17, 15) is 4.79 Å². The van der Waals surface area contributed by atoms with Crippen LogP contribution in [-0.2, 0) is 14.3 Å². The van der Waals surface area contributed by atoms with Gasteiger partial charge in [-0.25, -0.2) is 4.79 Å². The first kappa shape index (κ1) is 7.10. The van der Waals surface area contributed by atoms with E-state index in [1.165, 1.54) is 6.42 Å². The molecule has 62 valence electrons. The van der Waals surface area contributed by atoms with Crippen molar-refractivity contribution < 1.29 is 14.3 Å². The minimum absolute atomic E-state index is 0.0602. The van der Waals surface area contributed by atoms with Gasteiger partial charge in [0.25, 0.3) is 0 Å². The van der Waals surface area contributed by atoms with Crippen LogP contribution in [0.2, 0.25) is 0 Å². The van der Waals surface area contributed by atoms with E-state index in [4.69, 9.17) is 9.47 Å². The Hall–Kier alpha value is -0.570. The average Bonchev–Trinajstić information content (AvgIpc) is 2.04. The van der Waals surface area contributed by atoms with Gasteiger partial charge in [-0.2, -0.15) is 0 Å². The Morgan fingerprint density at radius 2 is 1.91 bits per heavy atom. The molecule has 2 rings (SSSR count). The summed E-state index contributed by atoms with van der Waals surface area (Å²) in [5, 5.41) is 0. The molecule has 0 spiro atoms. The molecular formula is C8H12O3. The normalized spacial score (nSPS) is 37.6. The van der Waals surface area contributed by atoms with Crippen LogP contribution in [0.1, 0.15) is 25.7 Å². The molecule has 1 heterocycles. The first-order valence-electron chi connectivity index (χ1n) is 4.17. The fourth-order valence-corrected chi connectivity index (χ4v) is 1.77. The number of esters is 1. The Balaban J connectivity index is 1.98. The van der Waals surface area contributed by atoms with Crippen molar-refractivity contribution in [3.63, 3.8) is 0 Å². The molecular weight excluding hydrogens is 144 g/mol. The van der Waals surface area contributed by atoms with E-state index in [0.717, 1.165) is 19.3 Å². The van der Waals surface area contributed by atoms with E-state index in [1.54, 1.807) is 0 Å². The van der Waals surface area contributed by atoms with Gasteiger partial charge in [0.15, 0.2) is 0 Å². The minimum atomic E-state index is -0.201. The monoisotopic (exact) mass is 156 g/mol. The van der Waals surface area contributed by atoms with E-state index < -0.39 is 0 Å². The number of ether oxygens (including phenoxy) is 2. The van der Waals surface area contributed by atoms with Crippen LogP contribution in [0.25, 0.3) is 0 Å². The summed E-state index contributed by atoms with van der Waals surface area (Å²) in [4.78, 5) is 10.8. The Morgan fingerprint density at radius 1 is 1.18 bits per heavy atom. The quantitative estimate of drug-likeness (QED) is 0.488. The van der Waals surface area contributed by atoms with Crippen molar-refractivity contribution in [1.29, 1.82) is 0 Å². The molecule has 0 unspecified atom stereocenters. The van der Waals surface area contributed by atoms with Crippen LogP contribution in [-0.4, -0.2) is 24.8 Å². The number of carbonyl (C=O) groups excluding carboxylic acids is 1. The first-order valence-corrected chi connectivity index (χ1v) is 4.17. The van der Waals surface area contributed by atoms with Gasteiger partial charge in [0, 0.05) is 0 Å². The maximum Gasteiger partial charge on any atom is 0.332 e. The predicted octanol–water partition coefficient (Wildman–Crippen LogP) is 0.871. The van der Waals surface area contributed by atoms with Crippen molar-refractivity contribution >= 4 is 5.97 Å². The molecule has 0 aromatic carbocycles. The highest BCUT2D eigenvalue weighted by Crippen LogP contribution is 2.26. The summed E-state index contributed by atoms with van der Waals surface area (Å²) >= 11 is 0. The number of fused-ring (bicyclic) bond motifs is 1. The Morgan fingerprint density at radius 3 is 2.73 bits per heavy atom. The predicted molar refractivity (Wildman–Crippen MR) is 38.1 cm³/mol. The third kappa shape index (κ3) is 1.38. The topological polar surface area (TPSA) is 35.5 Å². The molecule has 2 aliphatic rings. The van der Waals surface area contributed by atoms with Gasteiger partial charge in [-0.3, -0.25) is 0 Å². The van der Waals surface area contributed by atoms with Gasteiger partial charge in [-0.15, -0.1) is 0 Å². The zero-order valence-corrected chi connectivity index (χ0v) is 6.41. The zero-order chi connectivity index (χ0) is 7.68. The van der Waals surface area contributed by atoms with Crippen LogP contribution in [0.3, 0.4) is 0 Å². The second-order valence-electron chi connectivity index (χ2n) is 3.16. The summed E-state index contributed by atoms with van der Waals surface area (Å²) in [5.41, 5.74) is 0. The smallest absolute Gasteiger partial charge is 0.332 e. The minimum Gasteiger partial charge on any atom is -0.458 e. The molecule has 0 amide bonds. The molecule has 1 saturated carbocycles. The number of rotatable bonds is 0. The molecule has 1 aliphatic carbocycles. The first-order chi connectivity index (χ1) is 5.36. The van der Waals surface area contributed by atoms with Crippen LogP contribution in [0, 0.1) is 0 Å². The van der Waals surface area contributed by atoms with Gasteiger partial charge in [0.05, 0.1) is 6.10 Å². The largest absolute Gasteiger partial charge is 0.458 e. The van der Waals surface area contributed by atoms with Gasteiger partial charge in [-0.05, 0) is 19.3 Å². The highest BCUT2D eigenvalue weighted by atomic mass is 16.6. The Labute approximate surface area is 65.7 Å². The lowest BCUT2D eigenvalue weighted by Crippen LogP contribution is -2.42. The maximum absolute atomic E-state index is 10.8. The van der Waals surface area contributed by atoms with Crippen LogP contribution in [0.4, 0.5) is 0 Å². The van der Waals surface area contributed by atoms with Gasteiger partial charge in [0.1, 0.15) is 12.7 Å². The van der Waals surface area contributed by atoms with E-state index in [0.29, 0.717) is 0 Å². The van der Waals surface area contributed by atoms with Crippen LogP contribution in [0.5, 0.6) is 0 Å². The summed E-state index contributed by atoms with van der Waals surface area (Å²) < 4.78 is 10.4. The highest BCUT2D eigenvalue weighted by molar-refractivity contribution is 5.71. The molecule has 2 fully saturated rings. The number of carbonyl (C=O) groups is 1. The lowest BCUT2D eigenvalue weighted by atomic mass is 9.94. The fraction of sp³-hybridized carbons (Fsp3) is 0.875. The molecule has 1 saturated heterocycles. The Kier molecular flexibility index (Phi) is 1.82. The van der Waals surface area contributed by atoms with Gasteiger partial charge >= 0.3 is 5.97 Å². The number of hydrogen-bond acceptors (Lipinski definition) is 3. The molecule has 0 radical (unpaired) electrons. The summed E-state index contributed by atoms with van der Waals surface area (Å²) in [5.74, 6) is -0.201. The molecule has 0 aromatic rings. The van der Waals surface area contributed by atoms with E-state index in [1.807, 2.05) is 0 Å². The van der Waals surface area contributed by atoms with Crippen molar-refractivity contribution in [3.8, 4) is 0 Å². The van der Waals surface area contributed by atoms with Crippen LogP contribution >= 0.6 is 0 Å². The SMILES string of the molecule is O=C1CO[C@H]2CCCC[C@H]2O1. The van der Waals surface area contributed by atoms with Gasteiger partial charge < -0.3 is 9.47 Å². The van der Waals surface area contributed by atoms with Crippen molar-refractivity contribution in [2.75, 3.05) is 6.61 Å². The Bertz CT molecular complexity index is 167. The summed E-state index contributed by atoms with van der Waals surface area (Å²) in [7, 11) is 0. The van der Waals surface area contributed by atoms with E-state index >= 15 is 0 Å². The van der Waals surface area contributed by atoms with E-state index in [-0.39, 0.29) is 24.8 Å². The van der Waals surface area contributed by atoms with Gasteiger partial charge in [0.2, 0.25) is 0 Å². The number of hydrogen-bond donors (Lipinski definition) is 0. The fourth-order valence-electron chi connectivity index (χ4n) is 1.77. The molecule has 1 aliphatic heterocycles. The lowest BCUT2D eigenvalue weighted by molar-refractivity contribution is -0.187. The lowest BCUT2D eigenvalue weighted by Gasteiger charge is -2.34. The summed E-state index contributed by atoms with van der Waals surface area (Å²) in [6.07, 6.45) is 4.66. The average molecular weight is 156 g/mol. The molecule has 2 atom stereocenters. The van der Waals surface area contributed by atoms with Crippen molar-refractivity contribution in [1.82, 2.24) is 0 Å². The molecule has 3 nitrogen and oxygen atoms in total. The molecule has 0 bridgehead atoms. The summed E-state index contributed by atoms with van der Waals surface area (Å²) in [6.45, 7) is 0.154. The van der Waals surface area contributed by atoms with Crippen LogP contribution < -0.4 is 0 Å². The van der Waals surface area contributed by atoms with E-state index in [2.05, 4.69) is 0 Å². The van der Waals surface area contributed by atoms with Crippen molar-refractivity contribution in [2.45, 2.75) is 37.9 Å². The third-order valence-corrected chi connectivity index (χ3v) is 2.34. The molecule has 0 aromatic heterocycles. The zero-order valence-electron chi connectivity index (χ0n) is 6.41. The standard InChI is InChI=1S/C8H12O3/c9-8-5-10-6-3-1-2-4-7(6)11-8/h6-7H,1-5H2/t6-,7+/m0/s1. The van der Waals surface area contributed by atoms with Crippen molar-refractivity contribution in [3.05, 3.63) is 0 Å². The summed E-state index contributed by atoms with van der Waals surface area (Å²) in [6, 6.07) is 0. The maximum atomic E-state index is 10.8. The van der Waals surface area contributed by atoms with Crippen LogP contribution in [0.15, 0.2) is 0 Å². The molecule has 3 heteroatoms. The second-order valence-corrected chi connectivity index (χ2v) is 3.16. The van der Waals surface area contributed by atoms with Gasteiger partial charge in [-0.1, -0.05) is 6.42 Å². The highest BCUT2D eigenvalue weighted by Gasteiger charge is 2.33. The third-order valence-electron chi connectivity index (χ3n) is 2.34. The second kappa shape index (κ2) is 2.81. The molecule has 11 heavy (non-hydrogen) atoms.